The highest BCUT2D eigenvalue weighted by Crippen LogP contribution is 2.41. The van der Waals surface area contributed by atoms with E-state index in [0.717, 1.165) is 45.8 Å². The molecule has 32 heavy (non-hydrogen) atoms. The molecule has 1 saturated carbocycles. The van der Waals surface area contributed by atoms with Gasteiger partial charge in [0.2, 0.25) is 5.91 Å². The first-order chi connectivity index (χ1) is 15.2. The van der Waals surface area contributed by atoms with Crippen LogP contribution in [0.1, 0.15) is 35.6 Å². The lowest BCUT2D eigenvalue weighted by molar-refractivity contribution is -0.115. The van der Waals surface area contributed by atoms with E-state index in [0.29, 0.717) is 23.9 Å². The van der Waals surface area contributed by atoms with Crippen LogP contribution in [0.3, 0.4) is 0 Å². The van der Waals surface area contributed by atoms with Crippen molar-refractivity contribution in [1.82, 2.24) is 10.3 Å². The molecule has 0 bridgehead atoms. The van der Waals surface area contributed by atoms with Gasteiger partial charge < -0.3 is 5.32 Å². The average molecular weight is 472 g/mol. The van der Waals surface area contributed by atoms with E-state index < -0.39 is 9.84 Å². The Balaban J connectivity index is 1.80. The second-order valence-corrected chi connectivity index (χ2v) is 11.1. The van der Waals surface area contributed by atoms with Gasteiger partial charge >= 0.3 is 0 Å². The topological polar surface area (TPSA) is 88.5 Å². The minimum atomic E-state index is -3.07. The molecular formula is C24H26ClN3O3S. The Kier molecular flexibility index (Phi) is 6.49. The number of nitrogens with one attached hydrogen (secondary N) is 1. The molecule has 1 aliphatic carbocycles. The quantitative estimate of drug-likeness (QED) is 0.669. The van der Waals surface area contributed by atoms with Crippen LogP contribution in [0.25, 0.3) is 11.6 Å². The second-order valence-electron chi connectivity index (χ2n) is 8.47. The Labute approximate surface area is 193 Å². The maximum atomic E-state index is 12.9. The molecule has 1 atom stereocenters. The summed E-state index contributed by atoms with van der Waals surface area (Å²) in [4.78, 5) is 22.1. The van der Waals surface area contributed by atoms with Crippen LogP contribution in [0.15, 0.2) is 41.5 Å². The van der Waals surface area contributed by atoms with Gasteiger partial charge in [0.1, 0.15) is 0 Å². The number of hydrogen-bond donors (Lipinski definition) is 1. The number of sulfone groups is 1. The second kappa shape index (κ2) is 9.16. The van der Waals surface area contributed by atoms with E-state index in [-0.39, 0.29) is 17.6 Å². The van der Waals surface area contributed by atoms with Crippen LogP contribution in [-0.2, 0) is 21.1 Å². The molecule has 4 rings (SSSR count). The van der Waals surface area contributed by atoms with Gasteiger partial charge in [-0.3, -0.25) is 14.8 Å². The summed E-state index contributed by atoms with van der Waals surface area (Å²) in [5.41, 5.74) is 3.72. The molecule has 2 aliphatic rings. The molecule has 1 aromatic carbocycles. The number of amides is 1. The molecule has 1 amide bonds. The van der Waals surface area contributed by atoms with Crippen LogP contribution >= 0.6 is 11.6 Å². The number of fused-ring (bicyclic) bond motifs is 1. The number of hydrogen-bond acceptors (Lipinski definition) is 5. The summed E-state index contributed by atoms with van der Waals surface area (Å²) in [5, 5.41) is 5.00. The highest BCUT2D eigenvalue weighted by Gasteiger charge is 2.29. The Hall–Kier alpha value is -2.51. The zero-order chi connectivity index (χ0) is 22.9. The van der Waals surface area contributed by atoms with Crippen molar-refractivity contribution < 1.29 is 13.2 Å². The third kappa shape index (κ3) is 5.27. The Morgan fingerprint density at radius 2 is 2.06 bits per heavy atom. The largest absolute Gasteiger partial charge is 0.355 e. The molecule has 168 valence electrons. The first kappa shape index (κ1) is 22.7. The van der Waals surface area contributed by atoms with Crippen LogP contribution in [0.5, 0.6) is 0 Å². The molecule has 0 saturated heterocycles. The van der Waals surface area contributed by atoms with E-state index in [1.807, 2.05) is 18.2 Å². The maximum absolute atomic E-state index is 12.9. The van der Waals surface area contributed by atoms with Crippen molar-refractivity contribution in [3.8, 4) is 0 Å². The molecule has 6 nitrogen and oxygen atoms in total. The summed E-state index contributed by atoms with van der Waals surface area (Å²) in [6.45, 7) is 0.481. The van der Waals surface area contributed by atoms with Crippen LogP contribution < -0.4 is 15.9 Å². The standard InChI is InChI=1S/C24H26ClN3O3S/c1-26-24(29)23-17(10-19-8-7-18(25)14-27-19)13-28-22-11-16(4-3-9-32(2,30)31)20(12-21(22)23)15-5-6-15/h3-4,7-8,11-12,14-15,17H,5-6,9-10,13H2,1-2H3,(H,26,29). The van der Waals surface area contributed by atoms with E-state index in [2.05, 4.69) is 16.4 Å². The van der Waals surface area contributed by atoms with Crippen LogP contribution in [-0.4, -0.2) is 44.9 Å². The normalized spacial score (nSPS) is 18.3. The van der Waals surface area contributed by atoms with Crippen molar-refractivity contribution in [2.75, 3.05) is 25.6 Å². The van der Waals surface area contributed by atoms with Crippen LogP contribution in [0.2, 0.25) is 5.02 Å². The lowest BCUT2D eigenvalue weighted by Gasteiger charge is -2.22. The van der Waals surface area contributed by atoms with E-state index >= 15 is 0 Å². The lowest BCUT2D eigenvalue weighted by atomic mass is 9.87. The molecular weight excluding hydrogens is 446 g/mol. The van der Waals surface area contributed by atoms with Crippen molar-refractivity contribution in [1.29, 1.82) is 0 Å². The predicted octanol–water partition coefficient (Wildman–Crippen LogP) is 2.06. The summed E-state index contributed by atoms with van der Waals surface area (Å²) in [5.74, 6) is 0.233. The minimum Gasteiger partial charge on any atom is -0.355 e. The lowest BCUT2D eigenvalue weighted by Crippen LogP contribution is -2.42. The Morgan fingerprint density at radius 3 is 2.69 bits per heavy atom. The van der Waals surface area contributed by atoms with Gasteiger partial charge in [-0.1, -0.05) is 23.8 Å². The number of nitrogens with zero attached hydrogens (tertiary/aromatic N) is 2. The molecule has 8 heteroatoms. The summed E-state index contributed by atoms with van der Waals surface area (Å²) in [6.07, 6.45) is 9.18. The van der Waals surface area contributed by atoms with E-state index in [1.165, 1.54) is 6.26 Å². The first-order valence-corrected chi connectivity index (χ1v) is 13.1. The number of pyridine rings is 1. The number of benzene rings is 1. The van der Waals surface area contributed by atoms with Crippen molar-refractivity contribution in [2.24, 2.45) is 10.9 Å². The van der Waals surface area contributed by atoms with Gasteiger partial charge in [-0.25, -0.2) is 8.42 Å². The third-order valence-electron chi connectivity index (χ3n) is 5.81. The highest BCUT2D eigenvalue weighted by atomic mass is 35.5. The average Bonchev–Trinajstić information content (AvgIpc) is 3.58. The van der Waals surface area contributed by atoms with E-state index in [1.54, 1.807) is 25.4 Å². The minimum absolute atomic E-state index is 0.00286. The fourth-order valence-corrected chi connectivity index (χ4v) is 4.68. The molecule has 2 heterocycles. The smallest absolute Gasteiger partial charge is 0.247 e. The molecule has 0 spiro atoms. The molecule has 1 unspecified atom stereocenters. The van der Waals surface area contributed by atoms with Crippen molar-refractivity contribution in [2.45, 2.75) is 25.2 Å². The summed E-state index contributed by atoms with van der Waals surface area (Å²) < 4.78 is 23.0. The van der Waals surface area contributed by atoms with Gasteiger partial charge in [-0.15, -0.1) is 0 Å². The molecule has 2 aromatic rings. The number of halogens is 1. The fourth-order valence-electron chi connectivity index (χ4n) is 4.12. The van der Waals surface area contributed by atoms with Gasteiger partial charge in [-0.05, 0) is 60.6 Å². The van der Waals surface area contributed by atoms with Gasteiger partial charge in [-0.2, -0.15) is 0 Å². The Morgan fingerprint density at radius 1 is 1.28 bits per heavy atom. The number of aromatic nitrogens is 1. The summed E-state index contributed by atoms with van der Waals surface area (Å²) in [7, 11) is -1.43. The summed E-state index contributed by atoms with van der Waals surface area (Å²) >= 11 is 5.96. The van der Waals surface area contributed by atoms with Gasteiger partial charge in [0, 0.05) is 48.4 Å². The number of rotatable bonds is 7. The fraction of sp³-hybridized carbons (Fsp3) is 0.375. The summed E-state index contributed by atoms with van der Waals surface area (Å²) in [6, 6.07) is 7.76. The van der Waals surface area contributed by atoms with Gasteiger partial charge in [0.15, 0.2) is 9.84 Å². The van der Waals surface area contributed by atoms with Crippen LogP contribution in [0, 0.1) is 5.92 Å². The van der Waals surface area contributed by atoms with Gasteiger partial charge in [0.25, 0.3) is 0 Å². The zero-order valence-corrected chi connectivity index (χ0v) is 19.7. The molecule has 1 aliphatic heterocycles. The van der Waals surface area contributed by atoms with E-state index in [4.69, 9.17) is 16.6 Å². The third-order valence-corrected chi connectivity index (χ3v) is 6.83. The first-order valence-electron chi connectivity index (χ1n) is 10.6. The number of carbonyl (C=O) groups excluding carboxylic acids is 1. The van der Waals surface area contributed by atoms with Crippen LogP contribution in [0.4, 0.5) is 0 Å². The number of carbonyl (C=O) groups is 1. The maximum Gasteiger partial charge on any atom is 0.247 e. The van der Waals surface area contributed by atoms with Crippen molar-refractivity contribution in [3.05, 3.63) is 69.0 Å². The molecule has 1 fully saturated rings. The van der Waals surface area contributed by atoms with E-state index in [9.17, 15) is 13.2 Å². The monoisotopic (exact) mass is 471 g/mol. The molecule has 1 aromatic heterocycles. The SMILES string of the molecule is CNC(=O)C1=c2cc(C3CC3)c(C=CCS(C)(=O)=O)cc2=NCC1Cc1ccc(Cl)cn1. The predicted molar refractivity (Wildman–Crippen MR) is 127 cm³/mol. The van der Waals surface area contributed by atoms with Gasteiger partial charge in [0.05, 0.1) is 16.1 Å². The highest BCUT2D eigenvalue weighted by molar-refractivity contribution is 7.90. The van der Waals surface area contributed by atoms with Crippen molar-refractivity contribution >= 4 is 39.0 Å². The van der Waals surface area contributed by atoms with Crippen molar-refractivity contribution in [3.63, 3.8) is 0 Å². The Bertz CT molecular complexity index is 1300. The zero-order valence-electron chi connectivity index (χ0n) is 18.1. The molecule has 1 N–H and O–H groups in total. The molecule has 0 radical (unpaired) electrons.